The molecule has 2 N–H and O–H groups in total. The van der Waals surface area contributed by atoms with E-state index in [1.54, 1.807) is 24.3 Å². The van der Waals surface area contributed by atoms with E-state index < -0.39 is 24.3 Å². The molecule has 2 rings (SSSR count). The number of ether oxygens (including phenoxy) is 1. The predicted molar refractivity (Wildman–Crippen MR) is 73.1 cm³/mol. The minimum Gasteiger partial charge on any atom is -0.496 e. The third-order valence-corrected chi connectivity index (χ3v) is 3.19. The monoisotopic (exact) mass is 274 g/mol. The molecule has 0 saturated carbocycles. The van der Waals surface area contributed by atoms with Crippen molar-refractivity contribution < 1.29 is 24.5 Å². The molecule has 2 aromatic rings. The molecule has 0 aromatic heterocycles. The fourth-order valence-electron chi connectivity index (χ4n) is 2.28. The van der Waals surface area contributed by atoms with Gasteiger partial charge in [0.1, 0.15) is 5.75 Å². The molecule has 20 heavy (non-hydrogen) atoms. The van der Waals surface area contributed by atoms with Crippen LogP contribution in [0.2, 0.25) is 0 Å². The summed E-state index contributed by atoms with van der Waals surface area (Å²) in [5.41, 5.74) is 0.483. The first-order chi connectivity index (χ1) is 9.54. The van der Waals surface area contributed by atoms with Gasteiger partial charge in [0.15, 0.2) is 0 Å². The van der Waals surface area contributed by atoms with Crippen molar-refractivity contribution in [2.75, 3.05) is 7.11 Å². The van der Waals surface area contributed by atoms with Crippen LogP contribution in [0.5, 0.6) is 5.75 Å². The summed E-state index contributed by atoms with van der Waals surface area (Å²) in [4.78, 5) is 22.2. The molecule has 0 aliphatic heterocycles. The standard InChI is InChI=1S/C15H14O5/c1-20-13-7-6-10(9-4-2-3-5-11(9)13)12(15(18)19)8-14(16)17/h2-7,12H,8H2,1H3,(H,16,17)(H,18,19). The van der Waals surface area contributed by atoms with Gasteiger partial charge in [0, 0.05) is 5.39 Å². The first kappa shape index (κ1) is 13.9. The Morgan fingerprint density at radius 1 is 1.10 bits per heavy atom. The lowest BCUT2D eigenvalue weighted by molar-refractivity contribution is -0.145. The van der Waals surface area contributed by atoms with Crippen LogP contribution in [0.1, 0.15) is 17.9 Å². The Kier molecular flexibility index (Phi) is 3.89. The van der Waals surface area contributed by atoms with Crippen LogP contribution < -0.4 is 4.74 Å². The minimum absolute atomic E-state index is 0.453. The van der Waals surface area contributed by atoms with E-state index in [2.05, 4.69) is 0 Å². The summed E-state index contributed by atoms with van der Waals surface area (Å²) in [5.74, 6) is -2.74. The number of carboxylic acids is 2. The van der Waals surface area contributed by atoms with Gasteiger partial charge in [-0.3, -0.25) is 9.59 Å². The number of hydrogen-bond donors (Lipinski definition) is 2. The lowest BCUT2D eigenvalue weighted by Gasteiger charge is -2.15. The van der Waals surface area contributed by atoms with E-state index in [0.29, 0.717) is 16.7 Å². The second-order valence-corrected chi connectivity index (χ2v) is 4.39. The second-order valence-electron chi connectivity index (χ2n) is 4.39. The van der Waals surface area contributed by atoms with E-state index in [1.807, 2.05) is 12.1 Å². The molecular formula is C15H14O5. The topological polar surface area (TPSA) is 83.8 Å². The molecule has 0 amide bonds. The van der Waals surface area contributed by atoms with E-state index in [0.717, 1.165) is 5.39 Å². The van der Waals surface area contributed by atoms with Gasteiger partial charge < -0.3 is 14.9 Å². The van der Waals surface area contributed by atoms with Crippen LogP contribution in [0, 0.1) is 0 Å². The number of carbonyl (C=O) groups is 2. The van der Waals surface area contributed by atoms with Gasteiger partial charge in [-0.25, -0.2) is 0 Å². The summed E-state index contributed by atoms with van der Waals surface area (Å²) in [6, 6.07) is 10.5. The molecule has 0 fully saturated rings. The summed E-state index contributed by atoms with van der Waals surface area (Å²) in [5, 5.41) is 19.6. The van der Waals surface area contributed by atoms with E-state index in [1.165, 1.54) is 7.11 Å². The fraction of sp³-hybridized carbons (Fsp3) is 0.200. The largest absolute Gasteiger partial charge is 0.496 e. The molecule has 0 radical (unpaired) electrons. The van der Waals surface area contributed by atoms with Gasteiger partial charge in [0.05, 0.1) is 19.4 Å². The van der Waals surface area contributed by atoms with Gasteiger partial charge in [0.2, 0.25) is 0 Å². The Balaban J connectivity index is 2.64. The molecule has 0 heterocycles. The van der Waals surface area contributed by atoms with Crippen molar-refractivity contribution in [3.8, 4) is 5.75 Å². The zero-order chi connectivity index (χ0) is 14.7. The van der Waals surface area contributed by atoms with Crippen LogP contribution >= 0.6 is 0 Å². The molecule has 0 saturated heterocycles. The SMILES string of the molecule is COc1ccc(C(CC(=O)O)C(=O)O)c2ccccc12. The highest BCUT2D eigenvalue weighted by Gasteiger charge is 2.25. The lowest BCUT2D eigenvalue weighted by atomic mass is 9.91. The third kappa shape index (κ3) is 2.56. The Morgan fingerprint density at radius 3 is 2.30 bits per heavy atom. The first-order valence-corrected chi connectivity index (χ1v) is 6.05. The smallest absolute Gasteiger partial charge is 0.311 e. The molecule has 0 aliphatic carbocycles. The van der Waals surface area contributed by atoms with Gasteiger partial charge in [-0.2, -0.15) is 0 Å². The number of rotatable bonds is 5. The lowest BCUT2D eigenvalue weighted by Crippen LogP contribution is -2.16. The third-order valence-electron chi connectivity index (χ3n) is 3.19. The Bertz CT molecular complexity index is 662. The Hall–Kier alpha value is -2.56. The van der Waals surface area contributed by atoms with E-state index in [9.17, 15) is 14.7 Å². The average molecular weight is 274 g/mol. The maximum Gasteiger partial charge on any atom is 0.311 e. The number of carboxylic acid groups (broad SMARTS) is 2. The molecule has 0 bridgehead atoms. The van der Waals surface area contributed by atoms with E-state index in [4.69, 9.17) is 9.84 Å². The quantitative estimate of drug-likeness (QED) is 0.875. The average Bonchev–Trinajstić information content (AvgIpc) is 2.43. The maximum atomic E-state index is 11.3. The molecule has 5 heteroatoms. The van der Waals surface area contributed by atoms with Crippen molar-refractivity contribution in [3.05, 3.63) is 42.0 Å². The maximum absolute atomic E-state index is 11.3. The highest BCUT2D eigenvalue weighted by molar-refractivity contribution is 5.95. The summed E-state index contributed by atoms with van der Waals surface area (Å²) < 4.78 is 5.24. The van der Waals surface area contributed by atoms with Crippen LogP contribution in [0.4, 0.5) is 0 Å². The number of fused-ring (bicyclic) bond motifs is 1. The van der Waals surface area contributed by atoms with Crippen molar-refractivity contribution in [1.29, 1.82) is 0 Å². The number of methoxy groups -OCH3 is 1. The van der Waals surface area contributed by atoms with Gasteiger partial charge >= 0.3 is 11.9 Å². The zero-order valence-electron chi connectivity index (χ0n) is 10.9. The first-order valence-electron chi connectivity index (χ1n) is 6.05. The zero-order valence-corrected chi connectivity index (χ0v) is 10.9. The minimum atomic E-state index is -1.15. The highest BCUT2D eigenvalue weighted by atomic mass is 16.5. The van der Waals surface area contributed by atoms with Crippen LogP contribution in [0.15, 0.2) is 36.4 Å². The van der Waals surface area contributed by atoms with Gasteiger partial charge in [-0.15, -0.1) is 0 Å². The van der Waals surface area contributed by atoms with Gasteiger partial charge in [-0.1, -0.05) is 30.3 Å². The van der Waals surface area contributed by atoms with E-state index in [-0.39, 0.29) is 0 Å². The van der Waals surface area contributed by atoms with Crippen molar-refractivity contribution in [3.63, 3.8) is 0 Å². The molecule has 0 spiro atoms. The van der Waals surface area contributed by atoms with Gasteiger partial charge in [0.25, 0.3) is 0 Å². The Labute approximate surface area is 115 Å². The summed E-state index contributed by atoms with van der Waals surface area (Å²) in [6.45, 7) is 0. The van der Waals surface area contributed by atoms with Crippen molar-refractivity contribution in [2.24, 2.45) is 0 Å². The summed E-state index contributed by atoms with van der Waals surface area (Å²) in [7, 11) is 1.54. The number of hydrogen-bond acceptors (Lipinski definition) is 3. The van der Waals surface area contributed by atoms with Crippen LogP contribution in [0.3, 0.4) is 0 Å². The Morgan fingerprint density at radius 2 is 1.75 bits per heavy atom. The second kappa shape index (κ2) is 5.61. The van der Waals surface area contributed by atoms with Crippen LogP contribution in [0.25, 0.3) is 10.8 Å². The fourth-order valence-corrected chi connectivity index (χ4v) is 2.28. The van der Waals surface area contributed by atoms with Crippen molar-refractivity contribution >= 4 is 22.7 Å². The van der Waals surface area contributed by atoms with E-state index >= 15 is 0 Å². The molecule has 104 valence electrons. The predicted octanol–water partition coefficient (Wildman–Crippen LogP) is 2.49. The van der Waals surface area contributed by atoms with Crippen molar-refractivity contribution in [2.45, 2.75) is 12.3 Å². The number of benzene rings is 2. The molecule has 2 aromatic carbocycles. The molecular weight excluding hydrogens is 260 g/mol. The molecule has 0 aliphatic rings. The molecule has 1 unspecified atom stereocenters. The summed E-state index contributed by atoms with van der Waals surface area (Å²) >= 11 is 0. The number of aliphatic carboxylic acids is 2. The van der Waals surface area contributed by atoms with Crippen LogP contribution in [-0.4, -0.2) is 29.3 Å². The van der Waals surface area contributed by atoms with Crippen molar-refractivity contribution in [1.82, 2.24) is 0 Å². The van der Waals surface area contributed by atoms with Crippen LogP contribution in [-0.2, 0) is 9.59 Å². The summed E-state index contributed by atoms with van der Waals surface area (Å²) in [6.07, 6.45) is -0.453. The normalized spacial score (nSPS) is 12.1. The molecule has 5 nitrogen and oxygen atoms in total. The van der Waals surface area contributed by atoms with Gasteiger partial charge in [-0.05, 0) is 17.0 Å². The highest BCUT2D eigenvalue weighted by Crippen LogP contribution is 2.33. The molecule has 1 atom stereocenters.